The van der Waals surface area contributed by atoms with E-state index in [9.17, 15) is 4.79 Å². The molecule has 1 fully saturated rings. The average molecular weight is 398 g/mol. The Morgan fingerprint density at radius 2 is 1.97 bits per heavy atom. The summed E-state index contributed by atoms with van der Waals surface area (Å²) in [6.07, 6.45) is 3.35. The Bertz CT molecular complexity index is 852. The van der Waals surface area contributed by atoms with Gasteiger partial charge in [0.05, 0.1) is 17.9 Å². The highest BCUT2D eigenvalue weighted by Crippen LogP contribution is 2.32. The van der Waals surface area contributed by atoms with E-state index in [1.165, 1.54) is 5.56 Å². The van der Waals surface area contributed by atoms with Crippen molar-refractivity contribution in [1.82, 2.24) is 14.8 Å². The molecule has 3 heterocycles. The first-order chi connectivity index (χ1) is 14.2. The van der Waals surface area contributed by atoms with Crippen LogP contribution in [0, 0.1) is 0 Å². The molecule has 1 aromatic heterocycles. The minimum absolute atomic E-state index is 0.0237. The number of carbonyl (C=O) groups is 1. The van der Waals surface area contributed by atoms with Crippen LogP contribution in [0.15, 0.2) is 36.7 Å². The summed E-state index contributed by atoms with van der Waals surface area (Å²) in [4.78, 5) is 21.3. The van der Waals surface area contributed by atoms with Gasteiger partial charge in [0, 0.05) is 58.8 Å². The molecule has 29 heavy (non-hydrogen) atoms. The lowest BCUT2D eigenvalue weighted by atomic mass is 10.1. The lowest BCUT2D eigenvalue weighted by Gasteiger charge is -2.34. The fraction of sp³-hybridized carbons (Fsp3) is 0.429. The SMILES string of the molecule is COCCNc1cncc(C(=O)N2CCN(Cc3ccc4c(c3)OCO4)CC2)c1. The Hall–Kier alpha value is -2.84. The van der Waals surface area contributed by atoms with Crippen molar-refractivity contribution in [1.29, 1.82) is 0 Å². The van der Waals surface area contributed by atoms with Gasteiger partial charge in [-0.1, -0.05) is 6.07 Å². The molecule has 0 bridgehead atoms. The maximum Gasteiger partial charge on any atom is 0.255 e. The zero-order valence-electron chi connectivity index (χ0n) is 16.6. The van der Waals surface area contributed by atoms with E-state index < -0.39 is 0 Å². The van der Waals surface area contributed by atoms with E-state index in [4.69, 9.17) is 14.2 Å². The number of anilines is 1. The molecule has 1 amide bonds. The largest absolute Gasteiger partial charge is 0.454 e. The number of nitrogens with one attached hydrogen (secondary N) is 1. The molecule has 8 nitrogen and oxygen atoms in total. The van der Waals surface area contributed by atoms with Crippen LogP contribution >= 0.6 is 0 Å². The molecule has 0 atom stereocenters. The van der Waals surface area contributed by atoms with Crippen LogP contribution in [0.1, 0.15) is 15.9 Å². The first-order valence-electron chi connectivity index (χ1n) is 9.81. The van der Waals surface area contributed by atoms with E-state index in [2.05, 4.69) is 21.3 Å². The summed E-state index contributed by atoms with van der Waals surface area (Å²) < 4.78 is 15.9. The average Bonchev–Trinajstić information content (AvgIpc) is 3.22. The van der Waals surface area contributed by atoms with Gasteiger partial charge < -0.3 is 24.4 Å². The van der Waals surface area contributed by atoms with E-state index in [-0.39, 0.29) is 12.7 Å². The van der Waals surface area contributed by atoms with Gasteiger partial charge in [0.25, 0.3) is 5.91 Å². The number of amides is 1. The molecule has 0 spiro atoms. The molecule has 4 rings (SSSR count). The van der Waals surface area contributed by atoms with Crippen molar-refractivity contribution < 1.29 is 19.0 Å². The fourth-order valence-corrected chi connectivity index (χ4v) is 3.54. The third-order valence-electron chi connectivity index (χ3n) is 5.12. The minimum Gasteiger partial charge on any atom is -0.454 e. The summed E-state index contributed by atoms with van der Waals surface area (Å²) in [7, 11) is 1.66. The van der Waals surface area contributed by atoms with Crippen molar-refractivity contribution in [3.8, 4) is 11.5 Å². The lowest BCUT2D eigenvalue weighted by Crippen LogP contribution is -2.48. The molecule has 0 saturated carbocycles. The van der Waals surface area contributed by atoms with Crippen LogP contribution in [0.3, 0.4) is 0 Å². The van der Waals surface area contributed by atoms with Gasteiger partial charge in [-0.3, -0.25) is 14.7 Å². The summed E-state index contributed by atoms with van der Waals surface area (Å²) in [5.41, 5.74) is 2.62. The van der Waals surface area contributed by atoms with Crippen molar-refractivity contribution in [3.05, 3.63) is 47.8 Å². The summed E-state index contributed by atoms with van der Waals surface area (Å²) >= 11 is 0. The highest BCUT2D eigenvalue weighted by molar-refractivity contribution is 5.94. The van der Waals surface area contributed by atoms with Crippen LogP contribution < -0.4 is 14.8 Å². The maximum absolute atomic E-state index is 12.9. The molecule has 1 aromatic carbocycles. The Labute approximate surface area is 170 Å². The number of pyridine rings is 1. The third-order valence-corrected chi connectivity index (χ3v) is 5.12. The standard InChI is InChI=1S/C21H26N4O4/c1-27-9-4-23-18-11-17(12-22-13-18)21(26)25-7-5-24(6-8-25)14-16-2-3-19-20(10-16)29-15-28-19/h2-3,10-13,23H,4-9,14-15H2,1H3. The molecule has 1 N–H and O–H groups in total. The van der Waals surface area contributed by atoms with Crippen LogP contribution in [0.2, 0.25) is 0 Å². The highest BCUT2D eigenvalue weighted by Gasteiger charge is 2.23. The van der Waals surface area contributed by atoms with E-state index in [0.29, 0.717) is 31.8 Å². The van der Waals surface area contributed by atoms with Gasteiger partial charge in [0.2, 0.25) is 6.79 Å². The second-order valence-corrected chi connectivity index (χ2v) is 7.14. The number of piperazine rings is 1. The second-order valence-electron chi connectivity index (χ2n) is 7.14. The predicted molar refractivity (Wildman–Crippen MR) is 108 cm³/mol. The number of nitrogens with zero attached hydrogens (tertiary/aromatic N) is 3. The van der Waals surface area contributed by atoms with Gasteiger partial charge in [-0.15, -0.1) is 0 Å². The fourth-order valence-electron chi connectivity index (χ4n) is 3.54. The summed E-state index contributed by atoms with van der Waals surface area (Å²) in [5.74, 6) is 1.63. The van der Waals surface area contributed by atoms with Crippen molar-refractivity contribution >= 4 is 11.6 Å². The number of benzene rings is 1. The summed E-state index contributed by atoms with van der Waals surface area (Å²) in [5, 5.41) is 3.21. The highest BCUT2D eigenvalue weighted by atomic mass is 16.7. The van der Waals surface area contributed by atoms with Crippen LogP contribution in [-0.2, 0) is 11.3 Å². The smallest absolute Gasteiger partial charge is 0.255 e. The van der Waals surface area contributed by atoms with Crippen LogP contribution in [-0.4, -0.2) is 73.9 Å². The van der Waals surface area contributed by atoms with Crippen molar-refractivity contribution in [2.45, 2.75) is 6.54 Å². The molecule has 0 unspecified atom stereocenters. The molecule has 0 aliphatic carbocycles. The molecule has 8 heteroatoms. The van der Waals surface area contributed by atoms with Crippen molar-refractivity contribution in [2.24, 2.45) is 0 Å². The van der Waals surface area contributed by atoms with Gasteiger partial charge in [-0.25, -0.2) is 0 Å². The van der Waals surface area contributed by atoms with E-state index in [0.717, 1.165) is 36.8 Å². The number of methoxy groups -OCH3 is 1. The van der Waals surface area contributed by atoms with E-state index >= 15 is 0 Å². The summed E-state index contributed by atoms with van der Waals surface area (Å²) in [6, 6.07) is 7.91. The summed E-state index contributed by atoms with van der Waals surface area (Å²) in [6.45, 7) is 5.46. The van der Waals surface area contributed by atoms with Crippen LogP contribution in [0.4, 0.5) is 5.69 Å². The lowest BCUT2D eigenvalue weighted by molar-refractivity contribution is 0.0628. The van der Waals surface area contributed by atoms with E-state index in [1.807, 2.05) is 23.1 Å². The number of carbonyl (C=O) groups excluding carboxylic acids is 1. The zero-order valence-corrected chi connectivity index (χ0v) is 16.6. The van der Waals surface area contributed by atoms with E-state index in [1.54, 1.807) is 19.5 Å². The number of ether oxygens (including phenoxy) is 3. The molecule has 154 valence electrons. The Balaban J connectivity index is 1.30. The molecule has 2 aliphatic rings. The Morgan fingerprint density at radius 3 is 2.79 bits per heavy atom. The quantitative estimate of drug-likeness (QED) is 0.713. The molecular formula is C21H26N4O4. The van der Waals surface area contributed by atoms with Gasteiger partial charge >= 0.3 is 0 Å². The Kier molecular flexibility index (Phi) is 6.12. The molecular weight excluding hydrogens is 372 g/mol. The second kappa shape index (κ2) is 9.11. The molecule has 0 radical (unpaired) electrons. The minimum atomic E-state index is 0.0237. The predicted octanol–water partition coefficient (Wildman–Crippen LogP) is 1.83. The zero-order chi connectivity index (χ0) is 20.1. The monoisotopic (exact) mass is 398 g/mol. The number of fused-ring (bicyclic) bond motifs is 1. The number of hydrogen-bond acceptors (Lipinski definition) is 7. The first-order valence-corrected chi connectivity index (χ1v) is 9.81. The van der Waals surface area contributed by atoms with Crippen molar-refractivity contribution in [3.63, 3.8) is 0 Å². The first kappa shape index (κ1) is 19.5. The number of hydrogen-bond donors (Lipinski definition) is 1. The van der Waals surface area contributed by atoms with Crippen molar-refractivity contribution in [2.75, 3.05) is 58.6 Å². The van der Waals surface area contributed by atoms with Crippen LogP contribution in [0.25, 0.3) is 0 Å². The number of rotatable bonds is 7. The molecule has 1 saturated heterocycles. The third kappa shape index (κ3) is 4.78. The topological polar surface area (TPSA) is 76.2 Å². The van der Waals surface area contributed by atoms with Gasteiger partial charge in [-0.2, -0.15) is 0 Å². The van der Waals surface area contributed by atoms with Gasteiger partial charge in [0.15, 0.2) is 11.5 Å². The maximum atomic E-state index is 12.9. The molecule has 2 aliphatic heterocycles. The van der Waals surface area contributed by atoms with Crippen LogP contribution in [0.5, 0.6) is 11.5 Å². The van der Waals surface area contributed by atoms with Gasteiger partial charge in [0.1, 0.15) is 0 Å². The number of aromatic nitrogens is 1. The Morgan fingerprint density at radius 1 is 1.14 bits per heavy atom. The van der Waals surface area contributed by atoms with Gasteiger partial charge in [-0.05, 0) is 23.8 Å². The normalized spacial score (nSPS) is 16.1. The molecule has 2 aromatic rings.